The Kier molecular flexibility index (Phi) is 5.86. The summed E-state index contributed by atoms with van der Waals surface area (Å²) in [7, 11) is 0. The molecule has 0 aliphatic carbocycles. The number of amides is 3. The molecule has 1 saturated heterocycles. The molecule has 1 aliphatic rings. The number of morpholine rings is 1. The van der Waals surface area contributed by atoms with Crippen molar-refractivity contribution >= 4 is 23.3 Å². The fourth-order valence-electron chi connectivity index (χ4n) is 2.81. The summed E-state index contributed by atoms with van der Waals surface area (Å²) in [6, 6.07) is 16.9. The van der Waals surface area contributed by atoms with Crippen LogP contribution in [0.3, 0.4) is 0 Å². The summed E-state index contributed by atoms with van der Waals surface area (Å²) in [4.78, 5) is 25.9. The monoisotopic (exact) mass is 353 g/mol. The van der Waals surface area contributed by atoms with Crippen molar-refractivity contribution in [1.82, 2.24) is 5.32 Å². The lowest BCUT2D eigenvalue weighted by atomic mass is 10.1. The van der Waals surface area contributed by atoms with Gasteiger partial charge in [0.25, 0.3) is 5.91 Å². The van der Waals surface area contributed by atoms with E-state index >= 15 is 0 Å². The number of para-hydroxylation sites is 1. The number of anilines is 2. The molecule has 6 nitrogen and oxygen atoms in total. The van der Waals surface area contributed by atoms with Gasteiger partial charge in [0, 0.05) is 17.9 Å². The van der Waals surface area contributed by atoms with E-state index in [9.17, 15) is 9.59 Å². The zero-order valence-corrected chi connectivity index (χ0v) is 14.8. The Morgan fingerprint density at radius 2 is 1.88 bits per heavy atom. The van der Waals surface area contributed by atoms with Gasteiger partial charge in [0.05, 0.1) is 12.6 Å². The highest BCUT2D eigenvalue weighted by Gasteiger charge is 2.27. The lowest BCUT2D eigenvalue weighted by Gasteiger charge is -2.33. The van der Waals surface area contributed by atoms with Gasteiger partial charge in [-0.1, -0.05) is 37.3 Å². The van der Waals surface area contributed by atoms with Crippen LogP contribution in [-0.4, -0.2) is 37.7 Å². The van der Waals surface area contributed by atoms with E-state index in [1.165, 1.54) is 5.56 Å². The van der Waals surface area contributed by atoms with Gasteiger partial charge < -0.3 is 20.3 Å². The molecule has 1 fully saturated rings. The van der Waals surface area contributed by atoms with Gasteiger partial charge in [0.2, 0.25) is 0 Å². The van der Waals surface area contributed by atoms with Gasteiger partial charge in [-0.25, -0.2) is 4.79 Å². The molecule has 2 aromatic rings. The third-order valence-electron chi connectivity index (χ3n) is 4.31. The van der Waals surface area contributed by atoms with E-state index in [0.29, 0.717) is 13.1 Å². The normalized spacial score (nSPS) is 17.0. The van der Waals surface area contributed by atoms with Crippen LogP contribution in [0.5, 0.6) is 0 Å². The molecular weight excluding hydrogens is 330 g/mol. The SMILES string of the molecule is CCc1ccc(N2CC(CNC(=O)Nc3ccccc3)OCC2=O)cc1. The van der Waals surface area contributed by atoms with Gasteiger partial charge in [-0.2, -0.15) is 0 Å². The van der Waals surface area contributed by atoms with Gasteiger partial charge in [-0.05, 0) is 36.2 Å². The molecule has 1 unspecified atom stereocenters. The minimum Gasteiger partial charge on any atom is -0.365 e. The maximum atomic E-state index is 12.2. The third-order valence-corrected chi connectivity index (χ3v) is 4.31. The number of hydrogen-bond donors (Lipinski definition) is 2. The van der Waals surface area contributed by atoms with Crippen LogP contribution in [0, 0.1) is 0 Å². The maximum Gasteiger partial charge on any atom is 0.319 e. The third kappa shape index (κ3) is 4.61. The molecule has 0 spiro atoms. The summed E-state index contributed by atoms with van der Waals surface area (Å²) in [5, 5.41) is 5.55. The van der Waals surface area contributed by atoms with Crippen LogP contribution in [0.2, 0.25) is 0 Å². The predicted molar refractivity (Wildman–Crippen MR) is 101 cm³/mol. The number of carbonyl (C=O) groups excluding carboxylic acids is 2. The molecule has 26 heavy (non-hydrogen) atoms. The first-order valence-electron chi connectivity index (χ1n) is 8.76. The van der Waals surface area contributed by atoms with Crippen LogP contribution in [0.4, 0.5) is 16.2 Å². The minimum absolute atomic E-state index is 0.0161. The van der Waals surface area contributed by atoms with Crippen LogP contribution < -0.4 is 15.5 Å². The van der Waals surface area contributed by atoms with Crippen LogP contribution in [0.1, 0.15) is 12.5 Å². The van der Waals surface area contributed by atoms with E-state index in [4.69, 9.17) is 4.74 Å². The number of nitrogens with zero attached hydrogens (tertiary/aromatic N) is 1. The van der Waals surface area contributed by atoms with Crippen molar-refractivity contribution in [2.45, 2.75) is 19.4 Å². The zero-order chi connectivity index (χ0) is 18.4. The number of hydrogen-bond acceptors (Lipinski definition) is 3. The van der Waals surface area contributed by atoms with Gasteiger partial charge in [-0.15, -0.1) is 0 Å². The first-order valence-corrected chi connectivity index (χ1v) is 8.76. The summed E-state index contributed by atoms with van der Waals surface area (Å²) in [5.74, 6) is -0.0702. The van der Waals surface area contributed by atoms with E-state index < -0.39 is 0 Å². The highest BCUT2D eigenvalue weighted by Crippen LogP contribution is 2.19. The Hall–Kier alpha value is -2.86. The second-order valence-corrected chi connectivity index (χ2v) is 6.16. The number of aryl methyl sites for hydroxylation is 1. The Labute approximate surface area is 153 Å². The summed E-state index contributed by atoms with van der Waals surface area (Å²) in [6.07, 6.45) is 0.709. The van der Waals surface area contributed by atoms with E-state index in [-0.39, 0.29) is 24.6 Å². The molecule has 3 amide bonds. The van der Waals surface area contributed by atoms with Crippen molar-refractivity contribution in [3.63, 3.8) is 0 Å². The molecule has 2 aromatic carbocycles. The second-order valence-electron chi connectivity index (χ2n) is 6.16. The van der Waals surface area contributed by atoms with Gasteiger partial charge in [0.15, 0.2) is 0 Å². The predicted octanol–water partition coefficient (Wildman–Crippen LogP) is 2.80. The van der Waals surface area contributed by atoms with Crippen LogP contribution in [0.25, 0.3) is 0 Å². The average molecular weight is 353 g/mol. The summed E-state index contributed by atoms with van der Waals surface area (Å²) < 4.78 is 5.55. The van der Waals surface area contributed by atoms with Crippen LogP contribution in [-0.2, 0) is 16.0 Å². The molecule has 2 N–H and O–H groups in total. The number of rotatable bonds is 5. The largest absolute Gasteiger partial charge is 0.365 e. The molecule has 1 atom stereocenters. The Morgan fingerprint density at radius 3 is 2.58 bits per heavy atom. The van der Waals surface area contributed by atoms with Crippen molar-refractivity contribution in [1.29, 1.82) is 0 Å². The smallest absolute Gasteiger partial charge is 0.319 e. The maximum absolute atomic E-state index is 12.2. The average Bonchev–Trinajstić information content (AvgIpc) is 2.68. The number of urea groups is 1. The zero-order valence-electron chi connectivity index (χ0n) is 14.8. The number of benzene rings is 2. The Morgan fingerprint density at radius 1 is 1.15 bits per heavy atom. The molecule has 0 aromatic heterocycles. The lowest BCUT2D eigenvalue weighted by Crippen LogP contribution is -2.51. The topological polar surface area (TPSA) is 70.7 Å². The van der Waals surface area contributed by atoms with Crippen molar-refractivity contribution in [3.8, 4) is 0 Å². The first-order chi connectivity index (χ1) is 12.7. The van der Waals surface area contributed by atoms with Gasteiger partial charge >= 0.3 is 6.03 Å². The highest BCUT2D eigenvalue weighted by atomic mass is 16.5. The van der Waals surface area contributed by atoms with Crippen molar-refractivity contribution < 1.29 is 14.3 Å². The van der Waals surface area contributed by atoms with E-state index in [1.54, 1.807) is 4.90 Å². The number of ether oxygens (including phenoxy) is 1. The second kappa shape index (κ2) is 8.49. The van der Waals surface area contributed by atoms with Crippen molar-refractivity contribution in [2.75, 3.05) is 29.9 Å². The van der Waals surface area contributed by atoms with E-state index in [0.717, 1.165) is 17.8 Å². The van der Waals surface area contributed by atoms with Crippen LogP contribution in [0.15, 0.2) is 54.6 Å². The molecular formula is C20H23N3O3. The molecule has 0 bridgehead atoms. The molecule has 1 aliphatic heterocycles. The number of carbonyl (C=O) groups is 2. The van der Waals surface area contributed by atoms with Gasteiger partial charge in [-0.3, -0.25) is 4.79 Å². The van der Waals surface area contributed by atoms with Crippen LogP contribution >= 0.6 is 0 Å². The molecule has 6 heteroatoms. The van der Waals surface area contributed by atoms with Crippen molar-refractivity contribution in [3.05, 3.63) is 60.2 Å². The standard InChI is InChI=1S/C20H23N3O3/c1-2-15-8-10-17(11-9-15)23-13-18(26-14-19(23)24)12-21-20(25)22-16-6-4-3-5-7-16/h3-11,18H,2,12-14H2,1H3,(H2,21,22,25). The molecule has 136 valence electrons. The Bertz CT molecular complexity index is 747. The summed E-state index contributed by atoms with van der Waals surface area (Å²) in [5.41, 5.74) is 2.81. The first kappa shape index (κ1) is 17.9. The molecule has 3 rings (SSSR count). The van der Waals surface area contributed by atoms with E-state index in [1.807, 2.05) is 54.6 Å². The summed E-state index contributed by atoms with van der Waals surface area (Å²) in [6.45, 7) is 2.85. The quantitative estimate of drug-likeness (QED) is 0.868. The number of nitrogens with one attached hydrogen (secondary N) is 2. The fourth-order valence-corrected chi connectivity index (χ4v) is 2.81. The van der Waals surface area contributed by atoms with Crippen molar-refractivity contribution in [2.24, 2.45) is 0 Å². The highest BCUT2D eigenvalue weighted by molar-refractivity contribution is 5.95. The molecule has 1 heterocycles. The van der Waals surface area contributed by atoms with E-state index in [2.05, 4.69) is 17.6 Å². The molecule has 0 radical (unpaired) electrons. The van der Waals surface area contributed by atoms with Gasteiger partial charge in [0.1, 0.15) is 6.61 Å². The minimum atomic E-state index is -0.296. The summed E-state index contributed by atoms with van der Waals surface area (Å²) >= 11 is 0. The Balaban J connectivity index is 1.54. The lowest BCUT2D eigenvalue weighted by molar-refractivity contribution is -0.129. The fraction of sp³-hybridized carbons (Fsp3) is 0.300. The molecule has 0 saturated carbocycles.